The van der Waals surface area contributed by atoms with Gasteiger partial charge in [0.05, 0.1) is 14.2 Å². The van der Waals surface area contributed by atoms with Gasteiger partial charge in [0.15, 0.2) is 0 Å². The number of nitrogens with zero attached hydrogens (tertiary/aromatic N) is 2. The van der Waals surface area contributed by atoms with Crippen LogP contribution < -0.4 is 5.73 Å². The van der Waals surface area contributed by atoms with Crippen LogP contribution >= 0.6 is 0 Å². The zero-order valence-corrected chi connectivity index (χ0v) is 8.74. The zero-order valence-electron chi connectivity index (χ0n) is 7.92. The molecule has 2 N–H and O–H groups in total. The van der Waals surface area contributed by atoms with Crippen molar-refractivity contribution in [3.8, 4) is 0 Å². The highest BCUT2D eigenvalue weighted by molar-refractivity contribution is 7.88. The van der Waals surface area contributed by atoms with Crippen LogP contribution in [0.3, 0.4) is 0 Å². The number of hydrogen-bond acceptors (Lipinski definition) is 5. The Morgan fingerprint density at radius 2 is 1.86 bits per heavy atom. The minimum Gasteiger partial charge on any atom is -0.468 e. The normalized spacial score (nSPS) is 12.1. The van der Waals surface area contributed by atoms with Crippen molar-refractivity contribution in [1.29, 1.82) is 0 Å². The van der Waals surface area contributed by atoms with E-state index in [0.29, 0.717) is 4.31 Å². The van der Waals surface area contributed by atoms with E-state index in [0.717, 1.165) is 21.3 Å². The smallest absolute Gasteiger partial charge is 0.424 e. The molecule has 0 aromatic carbocycles. The minimum atomic E-state index is -4.19. The average Bonchev–Trinajstić information content (AvgIpc) is 2.14. The van der Waals surface area contributed by atoms with Crippen molar-refractivity contribution in [3.63, 3.8) is 0 Å². The SMILES string of the molecule is COC(=O)N(C)S(=O)(=O)N=C(N)OC. The third kappa shape index (κ3) is 3.09. The van der Waals surface area contributed by atoms with Gasteiger partial charge in [0, 0.05) is 7.05 Å². The van der Waals surface area contributed by atoms with Crippen LogP contribution in [0.5, 0.6) is 0 Å². The molecule has 0 fully saturated rings. The molecule has 14 heavy (non-hydrogen) atoms. The van der Waals surface area contributed by atoms with Crippen LogP contribution in [0.15, 0.2) is 4.40 Å². The van der Waals surface area contributed by atoms with E-state index in [2.05, 4.69) is 13.9 Å². The molecule has 0 aliphatic carbocycles. The molecule has 0 atom stereocenters. The van der Waals surface area contributed by atoms with E-state index in [1.54, 1.807) is 0 Å². The topological polar surface area (TPSA) is 111 Å². The Kier molecular flexibility index (Phi) is 4.15. The molecule has 0 saturated heterocycles. The van der Waals surface area contributed by atoms with Gasteiger partial charge in [-0.05, 0) is 0 Å². The number of methoxy groups -OCH3 is 2. The molecule has 0 rings (SSSR count). The van der Waals surface area contributed by atoms with Crippen molar-refractivity contribution in [3.05, 3.63) is 0 Å². The first-order valence-corrected chi connectivity index (χ1v) is 4.71. The number of hydrogen-bond donors (Lipinski definition) is 1. The Bertz CT molecular complexity index is 335. The van der Waals surface area contributed by atoms with Crippen LogP contribution in [0.2, 0.25) is 0 Å². The van der Waals surface area contributed by atoms with Crippen molar-refractivity contribution in [2.24, 2.45) is 10.1 Å². The molecular formula is C5H11N3O5S. The Morgan fingerprint density at radius 1 is 1.36 bits per heavy atom. The molecule has 82 valence electrons. The maximum atomic E-state index is 11.2. The number of carbonyl (C=O) groups excluding carboxylic acids is 1. The van der Waals surface area contributed by atoms with Gasteiger partial charge in [-0.25, -0.2) is 4.79 Å². The van der Waals surface area contributed by atoms with Gasteiger partial charge in [0.2, 0.25) is 0 Å². The Morgan fingerprint density at radius 3 is 2.21 bits per heavy atom. The zero-order chi connectivity index (χ0) is 11.4. The Hall–Kier alpha value is -1.51. The minimum absolute atomic E-state index is 0.291. The summed E-state index contributed by atoms with van der Waals surface area (Å²) >= 11 is 0. The first-order valence-electron chi connectivity index (χ1n) is 3.31. The lowest BCUT2D eigenvalue weighted by Gasteiger charge is -2.11. The van der Waals surface area contributed by atoms with Gasteiger partial charge in [-0.1, -0.05) is 4.40 Å². The molecule has 0 bridgehead atoms. The summed E-state index contributed by atoms with van der Waals surface area (Å²) in [5.41, 5.74) is 5.01. The predicted molar refractivity (Wildman–Crippen MR) is 47.7 cm³/mol. The van der Waals surface area contributed by atoms with Gasteiger partial charge in [-0.3, -0.25) is 0 Å². The van der Waals surface area contributed by atoms with Gasteiger partial charge in [0.1, 0.15) is 0 Å². The predicted octanol–water partition coefficient (Wildman–Crippen LogP) is -1.11. The maximum absolute atomic E-state index is 11.2. The Labute approximate surface area is 81.5 Å². The molecule has 0 saturated carbocycles. The second-order valence-corrected chi connectivity index (χ2v) is 3.67. The van der Waals surface area contributed by atoms with Gasteiger partial charge < -0.3 is 15.2 Å². The van der Waals surface area contributed by atoms with E-state index in [1.807, 2.05) is 0 Å². The van der Waals surface area contributed by atoms with Gasteiger partial charge >= 0.3 is 16.3 Å². The van der Waals surface area contributed by atoms with Crippen LogP contribution in [0, 0.1) is 0 Å². The van der Waals surface area contributed by atoms with E-state index in [4.69, 9.17) is 5.73 Å². The third-order valence-corrected chi connectivity index (χ3v) is 2.44. The maximum Gasteiger partial charge on any atom is 0.424 e. The van der Waals surface area contributed by atoms with Crippen LogP contribution in [0.4, 0.5) is 4.79 Å². The Balaban J connectivity index is 4.90. The number of amides is 1. The fraction of sp³-hybridized carbons (Fsp3) is 0.600. The van der Waals surface area contributed by atoms with E-state index < -0.39 is 22.3 Å². The van der Waals surface area contributed by atoms with Crippen molar-refractivity contribution >= 4 is 22.3 Å². The standard InChI is InChI=1S/C5H11N3O5S/c1-8(5(9)13-3)14(10,11)7-4(6)12-2/h1-3H3,(H2,6,7). The van der Waals surface area contributed by atoms with Crippen LogP contribution in [-0.2, 0) is 19.7 Å². The van der Waals surface area contributed by atoms with Crippen LogP contribution in [0.1, 0.15) is 0 Å². The molecule has 0 aromatic rings. The summed E-state index contributed by atoms with van der Waals surface area (Å²) in [6.45, 7) is 0. The lowest BCUT2D eigenvalue weighted by molar-refractivity contribution is 0.154. The lowest BCUT2D eigenvalue weighted by atomic mass is 11.1. The summed E-state index contributed by atoms with van der Waals surface area (Å²) < 4.78 is 34.1. The van der Waals surface area contributed by atoms with Crippen molar-refractivity contribution < 1.29 is 22.7 Å². The molecule has 1 amide bonds. The molecule has 0 aromatic heterocycles. The fourth-order valence-corrected chi connectivity index (χ4v) is 1.12. The molecule has 0 heterocycles. The summed E-state index contributed by atoms with van der Waals surface area (Å²) in [5.74, 6) is 0. The highest BCUT2D eigenvalue weighted by Crippen LogP contribution is 2.01. The monoisotopic (exact) mass is 225 g/mol. The number of ether oxygens (including phenoxy) is 2. The summed E-state index contributed by atoms with van der Waals surface area (Å²) in [4.78, 5) is 10.8. The van der Waals surface area contributed by atoms with Crippen LogP contribution in [-0.4, -0.2) is 46.1 Å². The number of carbonyl (C=O) groups is 1. The average molecular weight is 225 g/mol. The first kappa shape index (κ1) is 12.5. The molecule has 9 heteroatoms. The van der Waals surface area contributed by atoms with Crippen LogP contribution in [0.25, 0.3) is 0 Å². The lowest BCUT2D eigenvalue weighted by Crippen LogP contribution is -2.33. The summed E-state index contributed by atoms with van der Waals surface area (Å²) in [6, 6.07) is -0.569. The molecular weight excluding hydrogens is 214 g/mol. The molecule has 0 aliphatic rings. The highest BCUT2D eigenvalue weighted by Gasteiger charge is 2.23. The van der Waals surface area contributed by atoms with E-state index in [1.165, 1.54) is 0 Å². The summed E-state index contributed by atoms with van der Waals surface area (Å²) in [6.07, 6.45) is -1.07. The molecule has 0 radical (unpaired) electrons. The van der Waals surface area contributed by atoms with E-state index in [-0.39, 0.29) is 0 Å². The summed E-state index contributed by atoms with van der Waals surface area (Å²) in [5, 5.41) is 0. The first-order chi connectivity index (χ1) is 6.35. The van der Waals surface area contributed by atoms with Gasteiger partial charge in [0.25, 0.3) is 6.02 Å². The van der Waals surface area contributed by atoms with Gasteiger partial charge in [-0.2, -0.15) is 12.7 Å². The summed E-state index contributed by atoms with van der Waals surface area (Å²) in [7, 11) is -1.02. The second kappa shape index (κ2) is 4.65. The largest absolute Gasteiger partial charge is 0.468 e. The quantitative estimate of drug-likeness (QED) is 0.471. The molecule has 8 nitrogen and oxygen atoms in total. The second-order valence-electron chi connectivity index (χ2n) is 2.05. The van der Waals surface area contributed by atoms with Crippen molar-refractivity contribution in [2.45, 2.75) is 0 Å². The van der Waals surface area contributed by atoms with Crippen molar-refractivity contribution in [1.82, 2.24) is 4.31 Å². The highest BCUT2D eigenvalue weighted by atomic mass is 32.2. The number of nitrogens with two attached hydrogens (primary N) is 1. The van der Waals surface area contributed by atoms with Crippen molar-refractivity contribution in [2.75, 3.05) is 21.3 Å². The molecule has 0 spiro atoms. The van der Waals surface area contributed by atoms with E-state index in [9.17, 15) is 13.2 Å². The number of amidine groups is 1. The third-order valence-electron chi connectivity index (χ3n) is 1.19. The molecule has 0 aliphatic heterocycles. The fourth-order valence-electron chi connectivity index (χ4n) is 0.435. The van der Waals surface area contributed by atoms with E-state index >= 15 is 0 Å². The molecule has 0 unspecified atom stereocenters. The number of rotatable bonds is 2. The van der Waals surface area contributed by atoms with Gasteiger partial charge in [-0.15, -0.1) is 0 Å².